The van der Waals surface area contributed by atoms with E-state index in [0.29, 0.717) is 12.5 Å². The lowest BCUT2D eigenvalue weighted by atomic mass is 9.77. The molecule has 1 aromatic carbocycles. The van der Waals surface area contributed by atoms with Crippen LogP contribution in [0.3, 0.4) is 0 Å². The number of nitrogens with one attached hydrogen (secondary N) is 1. The molecule has 1 aromatic rings. The van der Waals surface area contributed by atoms with Gasteiger partial charge in [0.2, 0.25) is 10.0 Å². The first-order chi connectivity index (χ1) is 11.8. The van der Waals surface area contributed by atoms with Gasteiger partial charge in [0, 0.05) is 43.1 Å². The summed E-state index contributed by atoms with van der Waals surface area (Å²) in [6, 6.07) is 7.98. The Hall–Kier alpha value is -1.39. The predicted molar refractivity (Wildman–Crippen MR) is 101 cm³/mol. The Balaban J connectivity index is 2.13. The number of hydrogen-bond donors (Lipinski definition) is 2. The molecular weight excluding hydrogens is 336 g/mol. The number of nitrogens with zero attached hydrogens (tertiary/aromatic N) is 1. The molecule has 1 aliphatic rings. The lowest BCUT2D eigenvalue weighted by Gasteiger charge is -2.47. The van der Waals surface area contributed by atoms with Crippen LogP contribution in [0.4, 0.5) is 0 Å². The van der Waals surface area contributed by atoms with Crippen LogP contribution in [0.15, 0.2) is 24.3 Å². The second-order valence-electron chi connectivity index (χ2n) is 6.82. The summed E-state index contributed by atoms with van der Waals surface area (Å²) in [6.45, 7) is 6.18. The topological polar surface area (TPSA) is 69.6 Å². The van der Waals surface area contributed by atoms with Crippen LogP contribution in [-0.4, -0.2) is 55.9 Å². The van der Waals surface area contributed by atoms with E-state index in [2.05, 4.69) is 31.0 Å². The fourth-order valence-electron chi connectivity index (χ4n) is 3.07. The summed E-state index contributed by atoms with van der Waals surface area (Å²) in [5.41, 5.74) is 2.06. The molecule has 6 heteroatoms. The molecule has 0 aromatic heterocycles. The normalized spacial score (nSPS) is 23.2. The average molecular weight is 365 g/mol. The van der Waals surface area contributed by atoms with E-state index < -0.39 is 10.0 Å². The summed E-state index contributed by atoms with van der Waals surface area (Å²) < 4.78 is 25.3. The maximum absolute atomic E-state index is 12.0. The Bertz CT molecular complexity index is 732. The highest BCUT2D eigenvalue weighted by atomic mass is 32.2. The maximum atomic E-state index is 12.0. The minimum atomic E-state index is -3.21. The predicted octanol–water partition coefficient (Wildman–Crippen LogP) is 1.39. The molecule has 1 saturated heterocycles. The van der Waals surface area contributed by atoms with Gasteiger partial charge in [0.15, 0.2) is 0 Å². The summed E-state index contributed by atoms with van der Waals surface area (Å²) in [5.74, 6) is 6.79. The van der Waals surface area contributed by atoms with Gasteiger partial charge in [-0.2, -0.15) is 0 Å². The number of aliphatic hydroxyl groups excluding tert-OH is 1. The van der Waals surface area contributed by atoms with Crippen molar-refractivity contribution in [3.8, 4) is 11.8 Å². The summed E-state index contributed by atoms with van der Waals surface area (Å²) in [5, 5.41) is 12.8. The van der Waals surface area contributed by atoms with Crippen LogP contribution in [0, 0.1) is 17.8 Å². The third-order valence-electron chi connectivity index (χ3n) is 4.59. The van der Waals surface area contributed by atoms with Crippen LogP contribution in [0.1, 0.15) is 37.8 Å². The van der Waals surface area contributed by atoms with E-state index >= 15 is 0 Å². The van der Waals surface area contributed by atoms with Crippen molar-refractivity contribution in [1.29, 1.82) is 0 Å². The highest BCUT2D eigenvalue weighted by Gasteiger charge is 2.42. The fraction of sp³-hybridized carbons (Fsp3) is 0.579. The molecule has 2 rings (SSSR count). The second-order valence-corrected chi connectivity index (χ2v) is 9.18. The first-order valence-corrected chi connectivity index (χ1v) is 10.3. The zero-order valence-corrected chi connectivity index (χ0v) is 16.2. The number of sulfonamides is 1. The van der Waals surface area contributed by atoms with E-state index in [0.717, 1.165) is 11.1 Å². The van der Waals surface area contributed by atoms with Crippen LogP contribution < -0.4 is 5.32 Å². The Morgan fingerprint density at radius 3 is 2.40 bits per heavy atom. The molecule has 1 heterocycles. The van der Waals surface area contributed by atoms with E-state index in [-0.39, 0.29) is 30.4 Å². The highest BCUT2D eigenvalue weighted by Crippen LogP contribution is 2.33. The van der Waals surface area contributed by atoms with Gasteiger partial charge in [-0.3, -0.25) is 0 Å². The van der Waals surface area contributed by atoms with Gasteiger partial charge in [-0.1, -0.05) is 37.8 Å². The number of hydrogen-bond acceptors (Lipinski definition) is 4. The van der Waals surface area contributed by atoms with Crippen LogP contribution in [0.2, 0.25) is 0 Å². The van der Waals surface area contributed by atoms with Gasteiger partial charge in [-0.15, -0.1) is 0 Å². The Labute approximate surface area is 151 Å². The SMILES string of the molecule is CCS(=O)(=O)N(C)C[C@@H]1N[C@H](CO)[C@@H]1c1ccc(C#CC(C)C)cc1. The minimum absolute atomic E-state index is 0.00364. The van der Waals surface area contributed by atoms with Gasteiger partial charge in [0.25, 0.3) is 0 Å². The van der Waals surface area contributed by atoms with Gasteiger partial charge in [-0.05, 0) is 24.6 Å². The number of rotatable bonds is 6. The molecule has 25 heavy (non-hydrogen) atoms. The first kappa shape index (κ1) is 19.9. The zero-order valence-electron chi connectivity index (χ0n) is 15.4. The summed E-state index contributed by atoms with van der Waals surface area (Å²) in [7, 11) is -1.60. The number of aliphatic hydroxyl groups is 1. The van der Waals surface area contributed by atoms with E-state index in [4.69, 9.17) is 0 Å². The van der Waals surface area contributed by atoms with Crippen molar-refractivity contribution >= 4 is 10.0 Å². The molecule has 1 fully saturated rings. The Kier molecular flexibility index (Phi) is 6.64. The van der Waals surface area contributed by atoms with Crippen LogP contribution in [0.5, 0.6) is 0 Å². The van der Waals surface area contributed by atoms with Crippen LogP contribution in [0.25, 0.3) is 0 Å². The zero-order chi connectivity index (χ0) is 18.6. The molecular formula is C19H28N2O3S. The van der Waals surface area contributed by atoms with Crippen molar-refractivity contribution in [3.63, 3.8) is 0 Å². The van der Waals surface area contributed by atoms with Crippen LogP contribution in [-0.2, 0) is 10.0 Å². The summed E-state index contributed by atoms with van der Waals surface area (Å²) in [4.78, 5) is 0. The molecule has 0 saturated carbocycles. The average Bonchev–Trinajstić information content (AvgIpc) is 2.57. The van der Waals surface area contributed by atoms with Crippen molar-refractivity contribution in [2.75, 3.05) is 26.0 Å². The molecule has 138 valence electrons. The summed E-state index contributed by atoms with van der Waals surface area (Å²) in [6.07, 6.45) is 0. The van der Waals surface area contributed by atoms with Crippen molar-refractivity contribution in [1.82, 2.24) is 9.62 Å². The van der Waals surface area contributed by atoms with Gasteiger partial charge < -0.3 is 10.4 Å². The monoisotopic (exact) mass is 364 g/mol. The van der Waals surface area contributed by atoms with E-state index in [9.17, 15) is 13.5 Å². The molecule has 5 nitrogen and oxygen atoms in total. The fourth-order valence-corrected chi connectivity index (χ4v) is 3.90. The lowest BCUT2D eigenvalue weighted by molar-refractivity contribution is 0.118. The van der Waals surface area contributed by atoms with Crippen molar-refractivity contribution in [2.45, 2.75) is 38.8 Å². The molecule has 0 spiro atoms. The number of likely N-dealkylation sites (N-methyl/N-ethyl adjacent to an activating group) is 1. The van der Waals surface area contributed by atoms with E-state index in [1.807, 2.05) is 24.3 Å². The Morgan fingerprint density at radius 2 is 1.88 bits per heavy atom. The van der Waals surface area contributed by atoms with Crippen LogP contribution >= 0.6 is 0 Å². The first-order valence-electron chi connectivity index (χ1n) is 8.71. The van der Waals surface area contributed by atoms with Gasteiger partial charge in [0.05, 0.1) is 12.4 Å². The smallest absolute Gasteiger partial charge is 0.213 e. The molecule has 2 N–H and O–H groups in total. The van der Waals surface area contributed by atoms with Gasteiger partial charge in [0.1, 0.15) is 0 Å². The number of benzene rings is 1. The molecule has 0 amide bonds. The molecule has 0 bridgehead atoms. The summed E-state index contributed by atoms with van der Waals surface area (Å²) >= 11 is 0. The standard InChI is InChI=1S/C19H28N2O3S/c1-5-25(23,24)21(4)12-17-19(18(13-22)20-17)16-10-8-15(9-11-16)7-6-14(2)3/h8-11,14,17-20,22H,5,12-13H2,1-4H3/t17-,18+,19+/m0/s1. The van der Waals surface area contributed by atoms with Crippen molar-refractivity contribution in [3.05, 3.63) is 35.4 Å². The second kappa shape index (κ2) is 8.33. The quantitative estimate of drug-likeness (QED) is 0.749. The third-order valence-corrected chi connectivity index (χ3v) is 6.41. The van der Waals surface area contributed by atoms with Gasteiger partial charge in [-0.25, -0.2) is 12.7 Å². The highest BCUT2D eigenvalue weighted by molar-refractivity contribution is 7.89. The van der Waals surface area contributed by atoms with Crippen molar-refractivity contribution < 1.29 is 13.5 Å². The molecule has 1 aliphatic heterocycles. The largest absolute Gasteiger partial charge is 0.395 e. The Morgan fingerprint density at radius 1 is 1.24 bits per heavy atom. The van der Waals surface area contributed by atoms with Crippen molar-refractivity contribution in [2.24, 2.45) is 5.92 Å². The lowest BCUT2D eigenvalue weighted by Crippen LogP contribution is -2.64. The minimum Gasteiger partial charge on any atom is -0.395 e. The maximum Gasteiger partial charge on any atom is 0.213 e. The molecule has 0 unspecified atom stereocenters. The third kappa shape index (κ3) is 4.83. The van der Waals surface area contributed by atoms with E-state index in [1.54, 1.807) is 14.0 Å². The molecule has 0 radical (unpaired) electrons. The van der Waals surface area contributed by atoms with Gasteiger partial charge >= 0.3 is 0 Å². The molecule has 3 atom stereocenters. The van der Waals surface area contributed by atoms with E-state index in [1.165, 1.54) is 4.31 Å². The molecule has 0 aliphatic carbocycles.